The second kappa shape index (κ2) is 7.17. The zero-order valence-corrected chi connectivity index (χ0v) is 16.2. The fourth-order valence-corrected chi connectivity index (χ4v) is 4.24. The minimum Gasteiger partial charge on any atom is -0.413 e. The van der Waals surface area contributed by atoms with Crippen LogP contribution in [-0.4, -0.2) is 32.4 Å². The van der Waals surface area contributed by atoms with Crippen molar-refractivity contribution in [1.29, 1.82) is 5.26 Å². The number of likely N-dealkylation sites (tertiary alicyclic amines) is 1. The van der Waals surface area contributed by atoms with Gasteiger partial charge in [0.05, 0.1) is 18.1 Å². The molecule has 4 heteroatoms. The van der Waals surface area contributed by atoms with Crippen molar-refractivity contribution in [1.82, 2.24) is 4.90 Å². The van der Waals surface area contributed by atoms with Crippen LogP contribution in [0.4, 0.5) is 0 Å². The lowest BCUT2D eigenvalue weighted by Gasteiger charge is -2.43. The Morgan fingerprint density at radius 1 is 1.22 bits per heavy atom. The van der Waals surface area contributed by atoms with E-state index in [0.717, 1.165) is 26.1 Å². The van der Waals surface area contributed by atoms with E-state index in [1.54, 1.807) is 0 Å². The first-order valence-corrected chi connectivity index (χ1v) is 11.5. The van der Waals surface area contributed by atoms with E-state index in [-0.39, 0.29) is 17.1 Å². The van der Waals surface area contributed by atoms with Crippen LogP contribution >= 0.6 is 0 Å². The van der Waals surface area contributed by atoms with Crippen molar-refractivity contribution in [3.05, 3.63) is 35.9 Å². The highest BCUT2D eigenvalue weighted by molar-refractivity contribution is 6.74. The summed E-state index contributed by atoms with van der Waals surface area (Å²) in [4.78, 5) is 2.38. The Morgan fingerprint density at radius 3 is 2.43 bits per heavy atom. The molecule has 1 aliphatic heterocycles. The number of nitriles is 1. The van der Waals surface area contributed by atoms with E-state index >= 15 is 0 Å². The average Bonchev–Trinajstić information content (AvgIpc) is 2.46. The molecule has 0 spiro atoms. The number of hydrogen-bond acceptors (Lipinski definition) is 3. The molecule has 0 aliphatic carbocycles. The summed E-state index contributed by atoms with van der Waals surface area (Å²) in [6, 6.07) is 13.0. The molecule has 1 saturated heterocycles. The van der Waals surface area contributed by atoms with Crippen molar-refractivity contribution in [2.24, 2.45) is 5.92 Å². The molecule has 0 bridgehead atoms. The Morgan fingerprint density at radius 2 is 1.87 bits per heavy atom. The van der Waals surface area contributed by atoms with Gasteiger partial charge in [-0.05, 0) is 30.1 Å². The van der Waals surface area contributed by atoms with Gasteiger partial charge in [-0.2, -0.15) is 5.26 Å². The van der Waals surface area contributed by atoms with Gasteiger partial charge in [0, 0.05) is 19.6 Å². The van der Waals surface area contributed by atoms with Gasteiger partial charge in [-0.3, -0.25) is 4.90 Å². The minimum atomic E-state index is -1.79. The highest BCUT2D eigenvalue weighted by Gasteiger charge is 2.41. The van der Waals surface area contributed by atoms with Crippen LogP contribution in [-0.2, 0) is 11.0 Å². The van der Waals surface area contributed by atoms with Crippen LogP contribution in [0.15, 0.2) is 30.3 Å². The first kappa shape index (κ1) is 18.2. The molecule has 126 valence electrons. The predicted octanol–water partition coefficient (Wildman–Crippen LogP) is 4.42. The van der Waals surface area contributed by atoms with Crippen molar-refractivity contribution in [2.75, 3.05) is 13.1 Å². The van der Waals surface area contributed by atoms with Gasteiger partial charge in [-0.25, -0.2) is 0 Å². The zero-order chi connectivity index (χ0) is 17.1. The second-order valence-corrected chi connectivity index (χ2v) is 13.0. The first-order chi connectivity index (χ1) is 10.7. The molecule has 0 amide bonds. The van der Waals surface area contributed by atoms with Gasteiger partial charge >= 0.3 is 0 Å². The van der Waals surface area contributed by atoms with Crippen LogP contribution in [0.1, 0.15) is 32.8 Å². The molecule has 0 unspecified atom stereocenters. The molecule has 1 aromatic rings. The van der Waals surface area contributed by atoms with E-state index in [9.17, 15) is 5.26 Å². The van der Waals surface area contributed by atoms with Gasteiger partial charge in [-0.15, -0.1) is 0 Å². The maximum Gasteiger partial charge on any atom is 0.192 e. The van der Waals surface area contributed by atoms with Gasteiger partial charge in [-0.1, -0.05) is 51.1 Å². The van der Waals surface area contributed by atoms with Gasteiger partial charge in [0.1, 0.15) is 0 Å². The third kappa shape index (κ3) is 4.91. The topological polar surface area (TPSA) is 36.3 Å². The molecular formula is C19H30N2OSi. The highest BCUT2D eigenvalue weighted by atomic mass is 28.4. The quantitative estimate of drug-likeness (QED) is 0.767. The van der Waals surface area contributed by atoms with Gasteiger partial charge < -0.3 is 4.43 Å². The Hall–Kier alpha value is -1.15. The minimum absolute atomic E-state index is 0.0715. The average molecular weight is 331 g/mol. The Bertz CT molecular complexity index is 545. The molecule has 1 fully saturated rings. The fourth-order valence-electron chi connectivity index (χ4n) is 2.88. The maximum absolute atomic E-state index is 9.43. The molecule has 1 heterocycles. The van der Waals surface area contributed by atoms with Crippen LogP contribution in [0.25, 0.3) is 0 Å². The fraction of sp³-hybridized carbons (Fsp3) is 0.632. The van der Waals surface area contributed by atoms with Crippen LogP contribution < -0.4 is 0 Å². The van der Waals surface area contributed by atoms with Gasteiger partial charge in [0.25, 0.3) is 0 Å². The highest BCUT2D eigenvalue weighted by Crippen LogP contribution is 2.38. The number of rotatable bonds is 4. The molecule has 2 rings (SSSR count). The van der Waals surface area contributed by atoms with E-state index in [0.29, 0.717) is 0 Å². The molecule has 0 saturated carbocycles. The van der Waals surface area contributed by atoms with Crippen molar-refractivity contribution in [3.63, 3.8) is 0 Å². The van der Waals surface area contributed by atoms with Crippen molar-refractivity contribution < 1.29 is 4.43 Å². The molecule has 0 aromatic heterocycles. The molecule has 0 N–H and O–H groups in total. The largest absolute Gasteiger partial charge is 0.413 e. The molecule has 23 heavy (non-hydrogen) atoms. The van der Waals surface area contributed by atoms with Crippen molar-refractivity contribution >= 4 is 8.32 Å². The normalized spacial score (nSPS) is 23.5. The lowest BCUT2D eigenvalue weighted by molar-refractivity contribution is 0.0568. The second-order valence-electron chi connectivity index (χ2n) is 8.24. The summed E-state index contributed by atoms with van der Waals surface area (Å²) < 4.78 is 6.59. The van der Waals surface area contributed by atoms with E-state index in [1.165, 1.54) is 5.56 Å². The summed E-state index contributed by atoms with van der Waals surface area (Å²) >= 11 is 0. The van der Waals surface area contributed by atoms with Crippen molar-refractivity contribution in [2.45, 2.75) is 58.0 Å². The lowest BCUT2D eigenvalue weighted by atomic mass is 9.97. The van der Waals surface area contributed by atoms with Crippen LogP contribution in [0.3, 0.4) is 0 Å². The number of piperidine rings is 1. The summed E-state index contributed by atoms with van der Waals surface area (Å²) in [5, 5.41) is 9.64. The molecular weight excluding hydrogens is 300 g/mol. The standard InChI is InChI=1S/C19H30N2OSi/c1-19(2,3)23(4,5)22-18-11-17(12-20)14-21(15-18)13-16-9-7-6-8-10-16/h6-10,17-18H,11,13-15H2,1-5H3/t17-,18+/m0/s1. The van der Waals surface area contributed by atoms with Crippen LogP contribution in [0.5, 0.6) is 0 Å². The summed E-state index contributed by atoms with van der Waals surface area (Å²) in [5.74, 6) is 0.0715. The Labute approximate surface area is 142 Å². The summed E-state index contributed by atoms with van der Waals surface area (Å²) in [5.41, 5.74) is 1.30. The smallest absolute Gasteiger partial charge is 0.192 e. The molecule has 2 atom stereocenters. The molecule has 1 aliphatic rings. The van der Waals surface area contributed by atoms with Gasteiger partial charge in [0.15, 0.2) is 8.32 Å². The number of hydrogen-bond donors (Lipinski definition) is 0. The third-order valence-corrected chi connectivity index (χ3v) is 9.72. The predicted molar refractivity (Wildman–Crippen MR) is 97.5 cm³/mol. The summed E-state index contributed by atoms with van der Waals surface area (Å²) in [6.07, 6.45) is 1.05. The number of nitrogens with zero attached hydrogens (tertiary/aromatic N) is 2. The Kier molecular flexibility index (Phi) is 5.67. The zero-order valence-electron chi connectivity index (χ0n) is 15.2. The number of benzene rings is 1. The van der Waals surface area contributed by atoms with Crippen LogP contribution in [0, 0.1) is 17.2 Å². The van der Waals surface area contributed by atoms with E-state index < -0.39 is 8.32 Å². The SMILES string of the molecule is CC(C)(C)[Si](C)(C)O[C@@H]1C[C@@H](C#N)CN(Cc2ccccc2)C1. The van der Waals surface area contributed by atoms with E-state index in [4.69, 9.17) is 4.43 Å². The molecule has 3 nitrogen and oxygen atoms in total. The van der Waals surface area contributed by atoms with Crippen molar-refractivity contribution in [3.8, 4) is 6.07 Å². The lowest BCUT2D eigenvalue weighted by Crippen LogP contribution is -2.50. The summed E-state index contributed by atoms with van der Waals surface area (Å²) in [7, 11) is -1.79. The summed E-state index contributed by atoms with van der Waals surface area (Å²) in [6.45, 7) is 14.1. The monoisotopic (exact) mass is 330 g/mol. The molecule has 0 radical (unpaired) electrons. The molecule has 1 aromatic carbocycles. The van der Waals surface area contributed by atoms with E-state index in [2.05, 4.69) is 69.1 Å². The first-order valence-electron chi connectivity index (χ1n) is 8.55. The maximum atomic E-state index is 9.43. The van der Waals surface area contributed by atoms with Gasteiger partial charge in [0.2, 0.25) is 0 Å². The third-order valence-electron chi connectivity index (χ3n) is 5.19. The van der Waals surface area contributed by atoms with E-state index in [1.807, 2.05) is 6.07 Å². The Balaban J connectivity index is 2.05. The van der Waals surface area contributed by atoms with Crippen LogP contribution in [0.2, 0.25) is 18.1 Å².